The number of Topliss-reactive ketones (excluding diaryl/α,β-unsaturated/α-hetero) is 1. The number of aliphatic hydroxyl groups is 1. The molecule has 1 aliphatic heterocycles. The quantitative estimate of drug-likeness (QED) is 0.511. The largest absolute Gasteiger partial charge is 0.385 e. The molecule has 1 saturated heterocycles. The molecule has 2 N–H and O–H groups in total. The van der Waals surface area contributed by atoms with Gasteiger partial charge < -0.3 is 10.4 Å². The SMILES string of the molecule is CC(=O)C(O)C1CNC1. The Kier molecular flexibility index (Phi) is 1.83. The molecule has 0 bridgehead atoms. The maximum atomic E-state index is 10.5. The molecule has 1 heterocycles. The molecule has 3 heteroatoms. The molecular formula is C6H11NO2. The minimum atomic E-state index is -0.730. The number of hydrogen-bond acceptors (Lipinski definition) is 3. The third-order valence-electron chi connectivity index (χ3n) is 1.68. The van der Waals surface area contributed by atoms with E-state index in [1.807, 2.05) is 0 Å². The number of hydrogen-bond donors (Lipinski definition) is 2. The molecule has 0 spiro atoms. The second kappa shape index (κ2) is 2.45. The molecule has 1 fully saturated rings. The van der Waals surface area contributed by atoms with Crippen molar-refractivity contribution in [3.8, 4) is 0 Å². The van der Waals surface area contributed by atoms with Crippen LogP contribution in [0.25, 0.3) is 0 Å². The predicted molar refractivity (Wildman–Crippen MR) is 33.0 cm³/mol. The fourth-order valence-corrected chi connectivity index (χ4v) is 0.866. The highest BCUT2D eigenvalue weighted by Crippen LogP contribution is 2.08. The average Bonchev–Trinajstić information content (AvgIpc) is 1.60. The van der Waals surface area contributed by atoms with Gasteiger partial charge in [-0.25, -0.2) is 0 Å². The second-order valence-electron chi connectivity index (χ2n) is 2.47. The molecule has 0 aliphatic carbocycles. The van der Waals surface area contributed by atoms with Gasteiger partial charge in [0.2, 0.25) is 0 Å². The van der Waals surface area contributed by atoms with Crippen molar-refractivity contribution in [3.05, 3.63) is 0 Å². The van der Waals surface area contributed by atoms with Crippen molar-refractivity contribution in [2.45, 2.75) is 13.0 Å². The van der Waals surface area contributed by atoms with E-state index in [-0.39, 0.29) is 11.7 Å². The Balaban J connectivity index is 2.32. The number of nitrogens with one attached hydrogen (secondary N) is 1. The third kappa shape index (κ3) is 1.28. The van der Waals surface area contributed by atoms with Gasteiger partial charge in [-0.2, -0.15) is 0 Å². The number of ketones is 1. The van der Waals surface area contributed by atoms with Gasteiger partial charge >= 0.3 is 0 Å². The zero-order valence-corrected chi connectivity index (χ0v) is 5.42. The molecule has 0 amide bonds. The molecule has 1 unspecified atom stereocenters. The van der Waals surface area contributed by atoms with Crippen molar-refractivity contribution in [1.82, 2.24) is 5.32 Å². The van der Waals surface area contributed by atoms with Crippen LogP contribution in [0.4, 0.5) is 0 Å². The molecule has 52 valence electrons. The van der Waals surface area contributed by atoms with Crippen LogP contribution in [0.2, 0.25) is 0 Å². The summed E-state index contributed by atoms with van der Waals surface area (Å²) in [6.45, 7) is 2.98. The molecule has 0 aromatic heterocycles. The van der Waals surface area contributed by atoms with Gasteiger partial charge in [0.1, 0.15) is 6.10 Å². The molecule has 1 atom stereocenters. The summed E-state index contributed by atoms with van der Waals surface area (Å²) in [4.78, 5) is 10.5. The summed E-state index contributed by atoms with van der Waals surface area (Å²) in [5.41, 5.74) is 0. The minimum Gasteiger partial charge on any atom is -0.385 e. The second-order valence-corrected chi connectivity index (χ2v) is 2.47. The summed E-state index contributed by atoms with van der Waals surface area (Å²) in [6, 6.07) is 0. The van der Waals surface area contributed by atoms with Gasteiger partial charge in [-0.3, -0.25) is 4.79 Å². The zero-order valence-electron chi connectivity index (χ0n) is 5.42. The van der Waals surface area contributed by atoms with E-state index < -0.39 is 6.10 Å². The number of aliphatic hydroxyl groups excluding tert-OH is 1. The summed E-state index contributed by atoms with van der Waals surface area (Å²) in [7, 11) is 0. The highest BCUT2D eigenvalue weighted by atomic mass is 16.3. The first-order valence-corrected chi connectivity index (χ1v) is 3.11. The maximum Gasteiger partial charge on any atom is 0.158 e. The fourth-order valence-electron chi connectivity index (χ4n) is 0.866. The molecule has 9 heavy (non-hydrogen) atoms. The van der Waals surface area contributed by atoms with E-state index in [9.17, 15) is 4.79 Å². The van der Waals surface area contributed by atoms with E-state index in [1.165, 1.54) is 6.92 Å². The molecule has 0 saturated carbocycles. The Labute approximate surface area is 54.1 Å². The van der Waals surface area contributed by atoms with E-state index in [0.29, 0.717) is 0 Å². The molecule has 1 aliphatic rings. The van der Waals surface area contributed by atoms with Crippen LogP contribution in [0.5, 0.6) is 0 Å². The van der Waals surface area contributed by atoms with Crippen LogP contribution in [0.15, 0.2) is 0 Å². The van der Waals surface area contributed by atoms with Crippen LogP contribution in [0.3, 0.4) is 0 Å². The Hall–Kier alpha value is -0.410. The van der Waals surface area contributed by atoms with E-state index in [1.54, 1.807) is 0 Å². The van der Waals surface area contributed by atoms with Crippen LogP contribution in [-0.4, -0.2) is 30.1 Å². The van der Waals surface area contributed by atoms with Crippen molar-refractivity contribution in [2.24, 2.45) is 5.92 Å². The lowest BCUT2D eigenvalue weighted by Crippen LogP contribution is -2.50. The van der Waals surface area contributed by atoms with Gasteiger partial charge in [0, 0.05) is 19.0 Å². The third-order valence-corrected chi connectivity index (χ3v) is 1.68. The highest BCUT2D eigenvalue weighted by Gasteiger charge is 2.27. The van der Waals surface area contributed by atoms with Gasteiger partial charge in [-0.05, 0) is 6.92 Å². The summed E-state index contributed by atoms with van der Waals surface area (Å²) >= 11 is 0. The van der Waals surface area contributed by atoms with Gasteiger partial charge in [0.05, 0.1) is 0 Å². The first-order chi connectivity index (χ1) is 4.22. The summed E-state index contributed by atoms with van der Waals surface area (Å²) < 4.78 is 0. The topological polar surface area (TPSA) is 49.3 Å². The molecule has 3 nitrogen and oxygen atoms in total. The van der Waals surface area contributed by atoms with Crippen molar-refractivity contribution >= 4 is 5.78 Å². The molecule has 0 aromatic rings. The first-order valence-electron chi connectivity index (χ1n) is 3.11. The van der Waals surface area contributed by atoms with Crippen LogP contribution in [0.1, 0.15) is 6.92 Å². The van der Waals surface area contributed by atoms with Crippen LogP contribution in [-0.2, 0) is 4.79 Å². The number of carbonyl (C=O) groups is 1. The zero-order chi connectivity index (χ0) is 6.85. The fraction of sp³-hybridized carbons (Fsp3) is 0.833. The van der Waals surface area contributed by atoms with Crippen LogP contribution < -0.4 is 5.32 Å². The van der Waals surface area contributed by atoms with Crippen LogP contribution >= 0.6 is 0 Å². The first kappa shape index (κ1) is 6.71. The Bertz CT molecular complexity index is 120. The Morgan fingerprint density at radius 2 is 2.33 bits per heavy atom. The molecule has 0 aromatic carbocycles. The van der Waals surface area contributed by atoms with E-state index in [2.05, 4.69) is 5.32 Å². The normalized spacial score (nSPS) is 22.9. The predicted octanol–water partition coefficient (Wildman–Crippen LogP) is -0.844. The number of carbonyl (C=O) groups excluding carboxylic acids is 1. The van der Waals surface area contributed by atoms with Crippen molar-refractivity contribution in [3.63, 3.8) is 0 Å². The van der Waals surface area contributed by atoms with Gasteiger partial charge in [-0.15, -0.1) is 0 Å². The number of rotatable bonds is 2. The molecule has 1 rings (SSSR count). The summed E-state index contributed by atoms with van der Waals surface area (Å²) in [6.07, 6.45) is -0.730. The summed E-state index contributed by atoms with van der Waals surface area (Å²) in [5.74, 6) is 0.0454. The van der Waals surface area contributed by atoms with E-state index in [0.717, 1.165) is 13.1 Å². The van der Waals surface area contributed by atoms with Crippen LogP contribution in [0, 0.1) is 5.92 Å². The van der Waals surface area contributed by atoms with E-state index in [4.69, 9.17) is 5.11 Å². The minimum absolute atomic E-state index is 0.124. The smallest absolute Gasteiger partial charge is 0.158 e. The van der Waals surface area contributed by atoms with Gasteiger partial charge in [0.25, 0.3) is 0 Å². The average molecular weight is 129 g/mol. The van der Waals surface area contributed by atoms with Gasteiger partial charge in [-0.1, -0.05) is 0 Å². The lowest BCUT2D eigenvalue weighted by Gasteiger charge is -2.29. The lowest BCUT2D eigenvalue weighted by atomic mass is 9.94. The standard InChI is InChI=1S/C6H11NO2/c1-4(8)6(9)5-2-7-3-5/h5-7,9H,2-3H2,1H3. The van der Waals surface area contributed by atoms with Gasteiger partial charge in [0.15, 0.2) is 5.78 Å². The molecule has 0 radical (unpaired) electrons. The maximum absolute atomic E-state index is 10.5. The van der Waals surface area contributed by atoms with Crippen molar-refractivity contribution in [2.75, 3.05) is 13.1 Å². The van der Waals surface area contributed by atoms with Crippen molar-refractivity contribution in [1.29, 1.82) is 0 Å². The highest BCUT2D eigenvalue weighted by molar-refractivity contribution is 5.80. The monoisotopic (exact) mass is 129 g/mol. The van der Waals surface area contributed by atoms with Crippen molar-refractivity contribution < 1.29 is 9.90 Å². The van der Waals surface area contributed by atoms with E-state index >= 15 is 0 Å². The lowest BCUT2D eigenvalue weighted by molar-refractivity contribution is -0.128. The Morgan fingerprint density at radius 3 is 2.44 bits per heavy atom. The summed E-state index contributed by atoms with van der Waals surface area (Å²) in [5, 5.41) is 12.0. The Morgan fingerprint density at radius 1 is 1.78 bits per heavy atom. The molecular weight excluding hydrogens is 118 g/mol.